The maximum absolute atomic E-state index is 13.0. The maximum Gasteiger partial charge on any atom is 0.278 e. The molecule has 0 saturated carbocycles. The number of amidine groups is 1. The van der Waals surface area contributed by atoms with Gasteiger partial charge in [-0.2, -0.15) is 4.99 Å². The van der Waals surface area contributed by atoms with E-state index in [9.17, 15) is 14.4 Å². The lowest BCUT2D eigenvalue weighted by molar-refractivity contribution is -0.130. The first kappa shape index (κ1) is 42.5. The van der Waals surface area contributed by atoms with Gasteiger partial charge in [-0.3, -0.25) is 14.4 Å². The number of nitrogens with zero attached hydrogens (tertiary/aromatic N) is 2. The lowest BCUT2D eigenvalue weighted by atomic mass is 10.0. The molecule has 0 radical (unpaired) electrons. The van der Waals surface area contributed by atoms with Crippen molar-refractivity contribution in [1.82, 2.24) is 4.90 Å². The Bertz CT molecular complexity index is 793. The van der Waals surface area contributed by atoms with E-state index >= 15 is 0 Å². The van der Waals surface area contributed by atoms with E-state index in [4.69, 9.17) is 0 Å². The fourth-order valence-electron chi connectivity index (χ4n) is 6.93. The van der Waals surface area contributed by atoms with Crippen LogP contribution in [0.1, 0.15) is 226 Å². The second-order valence-electron chi connectivity index (χ2n) is 14.3. The van der Waals surface area contributed by atoms with Crippen LogP contribution < -0.4 is 0 Å². The molecule has 46 heavy (non-hydrogen) atoms. The van der Waals surface area contributed by atoms with Crippen LogP contribution in [-0.4, -0.2) is 40.8 Å². The molecule has 1 aliphatic rings. The summed E-state index contributed by atoms with van der Waals surface area (Å²) in [5, 5.41) is 0. The number of Topliss-reactive ketones (excluding diaryl/α,β-unsaturated/α-hetero) is 2. The lowest BCUT2D eigenvalue weighted by Gasteiger charge is -2.23. The predicted molar refractivity (Wildman–Crippen MR) is 198 cm³/mol. The first-order chi connectivity index (χ1) is 22.6. The van der Waals surface area contributed by atoms with E-state index in [0.717, 1.165) is 38.5 Å². The average molecular weight is 645 g/mol. The molecule has 1 unspecified atom stereocenters. The second-order valence-corrected chi connectivity index (χ2v) is 14.3. The van der Waals surface area contributed by atoms with E-state index in [2.05, 4.69) is 18.8 Å². The Kier molecular flexibility index (Phi) is 28.4. The fourth-order valence-corrected chi connectivity index (χ4v) is 6.93. The molecule has 0 aliphatic carbocycles. The van der Waals surface area contributed by atoms with Crippen molar-refractivity contribution in [3.8, 4) is 0 Å². The van der Waals surface area contributed by atoms with Gasteiger partial charge in [0.1, 0.15) is 0 Å². The summed E-state index contributed by atoms with van der Waals surface area (Å²) in [7, 11) is 0. The van der Waals surface area contributed by atoms with Crippen LogP contribution in [0.4, 0.5) is 0 Å². The van der Waals surface area contributed by atoms with Crippen LogP contribution >= 0.6 is 0 Å². The molecule has 1 heterocycles. The predicted octanol–water partition coefficient (Wildman–Crippen LogP) is 12.3. The van der Waals surface area contributed by atoms with Gasteiger partial charge < -0.3 is 4.90 Å². The standard InChI is InChI=1S/C41H76N2O3/c1-4-7-9-11-13-15-17-19-21-23-25-27-29-31-33-35-37(44)39-41(46)42-40(43(39)6-3)38(45)36-34-32-30-28-26-24-22-20-18-16-14-12-10-8-5-2/h39H,4-36H2,1-3H3. The van der Waals surface area contributed by atoms with Crippen LogP contribution in [0.2, 0.25) is 0 Å². The van der Waals surface area contributed by atoms with Crippen molar-refractivity contribution in [1.29, 1.82) is 0 Å². The smallest absolute Gasteiger partial charge is 0.278 e. The van der Waals surface area contributed by atoms with Gasteiger partial charge in [0.25, 0.3) is 5.91 Å². The third-order valence-electron chi connectivity index (χ3n) is 9.96. The Labute approximate surface area is 285 Å². The van der Waals surface area contributed by atoms with E-state index < -0.39 is 11.9 Å². The van der Waals surface area contributed by atoms with Gasteiger partial charge in [0.2, 0.25) is 0 Å². The molecular formula is C41H76N2O3. The lowest BCUT2D eigenvalue weighted by Crippen LogP contribution is -2.45. The van der Waals surface area contributed by atoms with Gasteiger partial charge in [-0.1, -0.05) is 194 Å². The van der Waals surface area contributed by atoms with Gasteiger partial charge in [0.05, 0.1) is 0 Å². The van der Waals surface area contributed by atoms with Crippen LogP contribution in [0, 0.1) is 0 Å². The molecule has 5 heteroatoms. The van der Waals surface area contributed by atoms with Crippen LogP contribution in [0.3, 0.4) is 0 Å². The summed E-state index contributed by atoms with van der Waals surface area (Å²) >= 11 is 0. The quantitative estimate of drug-likeness (QED) is 0.0508. The monoisotopic (exact) mass is 645 g/mol. The summed E-state index contributed by atoms with van der Waals surface area (Å²) in [6.45, 7) is 6.91. The highest BCUT2D eigenvalue weighted by atomic mass is 16.2. The third-order valence-corrected chi connectivity index (χ3v) is 9.96. The normalized spacial score (nSPS) is 14.8. The summed E-state index contributed by atoms with van der Waals surface area (Å²) in [5.74, 6) is -0.354. The summed E-state index contributed by atoms with van der Waals surface area (Å²) in [6, 6.07) is -0.878. The van der Waals surface area contributed by atoms with Crippen LogP contribution in [0.25, 0.3) is 0 Å². The zero-order valence-corrected chi connectivity index (χ0v) is 31.0. The minimum Gasteiger partial charge on any atom is -0.335 e. The highest BCUT2D eigenvalue weighted by molar-refractivity contribution is 6.43. The number of aliphatic imine (C=N–C) groups is 1. The molecule has 0 saturated heterocycles. The van der Waals surface area contributed by atoms with Gasteiger partial charge >= 0.3 is 0 Å². The minimum atomic E-state index is -0.878. The molecular weight excluding hydrogens is 568 g/mol. The van der Waals surface area contributed by atoms with E-state index in [1.54, 1.807) is 4.90 Å². The summed E-state index contributed by atoms with van der Waals surface area (Å²) < 4.78 is 0. The van der Waals surface area contributed by atoms with Crippen molar-refractivity contribution in [3.63, 3.8) is 0 Å². The second kappa shape index (κ2) is 30.8. The number of likely N-dealkylation sites (N-methyl/N-ethyl adjacent to an activating group) is 1. The molecule has 5 nitrogen and oxygen atoms in total. The number of carbonyl (C=O) groups excluding carboxylic acids is 3. The fraction of sp³-hybridized carbons (Fsp3) is 0.902. The van der Waals surface area contributed by atoms with Crippen LogP contribution in [0.5, 0.6) is 0 Å². The first-order valence-electron chi connectivity index (χ1n) is 20.5. The van der Waals surface area contributed by atoms with Gasteiger partial charge in [0.15, 0.2) is 23.4 Å². The van der Waals surface area contributed by atoms with Gasteiger partial charge in [-0.15, -0.1) is 0 Å². The molecule has 1 amide bonds. The van der Waals surface area contributed by atoms with Crippen LogP contribution in [0.15, 0.2) is 4.99 Å². The summed E-state index contributed by atoms with van der Waals surface area (Å²) in [6.07, 6.45) is 39.5. The van der Waals surface area contributed by atoms with E-state index in [1.807, 2.05) is 6.92 Å². The Morgan fingerprint density at radius 3 is 1.11 bits per heavy atom. The molecule has 0 aromatic rings. The molecule has 1 atom stereocenters. The molecule has 0 fully saturated rings. The number of hydrogen-bond donors (Lipinski definition) is 0. The molecule has 1 aliphatic heterocycles. The zero-order valence-electron chi connectivity index (χ0n) is 31.0. The van der Waals surface area contributed by atoms with Crippen LogP contribution in [-0.2, 0) is 14.4 Å². The first-order valence-corrected chi connectivity index (χ1v) is 20.5. The maximum atomic E-state index is 13.0. The highest BCUT2D eigenvalue weighted by Crippen LogP contribution is 2.20. The van der Waals surface area contributed by atoms with Gasteiger partial charge in [0, 0.05) is 19.4 Å². The van der Waals surface area contributed by atoms with E-state index in [-0.39, 0.29) is 17.4 Å². The zero-order chi connectivity index (χ0) is 33.5. The van der Waals surface area contributed by atoms with Crippen molar-refractivity contribution < 1.29 is 14.4 Å². The minimum absolute atomic E-state index is 0.0694. The van der Waals surface area contributed by atoms with E-state index in [1.165, 1.54) is 154 Å². The molecule has 0 N–H and O–H groups in total. The molecule has 0 aromatic heterocycles. The third kappa shape index (κ3) is 21.4. The molecule has 0 bridgehead atoms. The van der Waals surface area contributed by atoms with E-state index in [0.29, 0.717) is 19.4 Å². The Balaban J connectivity index is 2.07. The molecule has 0 spiro atoms. The van der Waals surface area contributed by atoms with Crippen molar-refractivity contribution in [3.05, 3.63) is 0 Å². The number of hydrogen-bond acceptors (Lipinski definition) is 4. The average Bonchev–Trinajstić information content (AvgIpc) is 3.40. The van der Waals surface area contributed by atoms with Crippen molar-refractivity contribution in [2.75, 3.05) is 6.54 Å². The van der Waals surface area contributed by atoms with Gasteiger partial charge in [-0.25, -0.2) is 0 Å². The largest absolute Gasteiger partial charge is 0.335 e. The Morgan fingerprint density at radius 1 is 0.478 bits per heavy atom. The molecule has 0 aromatic carbocycles. The number of ketones is 2. The van der Waals surface area contributed by atoms with Crippen molar-refractivity contribution >= 4 is 23.3 Å². The topological polar surface area (TPSA) is 66.8 Å². The van der Waals surface area contributed by atoms with Crippen molar-refractivity contribution in [2.45, 2.75) is 232 Å². The molecule has 1 rings (SSSR count). The summed E-state index contributed by atoms with van der Waals surface area (Å²) in [5.41, 5.74) is 0. The number of carbonyl (C=O) groups is 3. The number of unbranched alkanes of at least 4 members (excludes halogenated alkanes) is 28. The highest BCUT2D eigenvalue weighted by Gasteiger charge is 2.41. The Morgan fingerprint density at radius 2 is 0.783 bits per heavy atom. The SMILES string of the molecule is CCCCCCCCCCCCCCCCCC(=O)C1=NC(=O)C(C(=O)CCCCCCCCCCCCCCCCC)N1CC. The Hall–Kier alpha value is -1.52. The summed E-state index contributed by atoms with van der Waals surface area (Å²) in [4.78, 5) is 44.3. The van der Waals surface area contributed by atoms with Crippen molar-refractivity contribution in [2.24, 2.45) is 4.99 Å². The number of rotatable bonds is 35. The van der Waals surface area contributed by atoms with Gasteiger partial charge in [-0.05, 0) is 19.8 Å². The number of amides is 1. The molecule has 268 valence electrons.